The Morgan fingerprint density at radius 1 is 1.08 bits per heavy atom. The molecule has 0 aliphatic heterocycles. The zero-order chi connectivity index (χ0) is 18.4. The number of benzene rings is 2. The Balaban J connectivity index is 1.84. The van der Waals surface area contributed by atoms with E-state index in [4.69, 9.17) is 4.74 Å². The molecule has 0 saturated heterocycles. The van der Waals surface area contributed by atoms with E-state index in [9.17, 15) is 9.70 Å². The lowest BCUT2D eigenvalue weighted by Gasteiger charge is -2.16. The van der Waals surface area contributed by atoms with Gasteiger partial charge in [0.05, 0.1) is 41.9 Å². The van der Waals surface area contributed by atoms with Gasteiger partial charge in [0.25, 0.3) is 5.91 Å². The standard InChI is InChI=1S/C18H15N5O3/c1-26-17-7-5-15(6-8-17)23(22-25)16-4-2-3-13(9-16)18(24)21-14-10-19-12-20-11-14/h2-12H,1H3,(H,21,24). The van der Waals surface area contributed by atoms with Gasteiger partial charge in [-0.25, -0.2) is 9.97 Å². The lowest BCUT2D eigenvalue weighted by Crippen LogP contribution is -2.14. The first kappa shape index (κ1) is 17.0. The number of hydrogen-bond donors (Lipinski definition) is 1. The molecule has 26 heavy (non-hydrogen) atoms. The maximum absolute atomic E-state index is 12.4. The number of carbonyl (C=O) groups excluding carboxylic acids is 1. The van der Waals surface area contributed by atoms with Crippen LogP contribution in [0.15, 0.2) is 72.5 Å². The minimum atomic E-state index is -0.345. The summed E-state index contributed by atoms with van der Waals surface area (Å²) in [6.45, 7) is 0. The summed E-state index contributed by atoms with van der Waals surface area (Å²) in [6, 6.07) is 13.4. The molecule has 1 aromatic heterocycles. The number of methoxy groups -OCH3 is 1. The van der Waals surface area contributed by atoms with E-state index in [-0.39, 0.29) is 5.91 Å². The highest BCUT2D eigenvalue weighted by Crippen LogP contribution is 2.28. The zero-order valence-corrected chi connectivity index (χ0v) is 13.9. The van der Waals surface area contributed by atoms with E-state index < -0.39 is 0 Å². The molecule has 130 valence electrons. The predicted octanol–water partition coefficient (Wildman–Crippen LogP) is 3.56. The van der Waals surface area contributed by atoms with E-state index in [1.165, 1.54) is 23.7 Å². The van der Waals surface area contributed by atoms with Crippen LogP contribution in [0.2, 0.25) is 0 Å². The third-order valence-electron chi connectivity index (χ3n) is 3.57. The number of aromatic nitrogens is 2. The van der Waals surface area contributed by atoms with Crippen LogP contribution in [0.5, 0.6) is 5.75 Å². The normalized spacial score (nSPS) is 10.0. The molecule has 8 nitrogen and oxygen atoms in total. The molecule has 1 heterocycles. The molecule has 0 spiro atoms. The Bertz CT molecular complexity index is 900. The number of rotatable bonds is 6. The van der Waals surface area contributed by atoms with Crippen molar-refractivity contribution >= 4 is 23.0 Å². The van der Waals surface area contributed by atoms with Crippen LogP contribution in [-0.4, -0.2) is 23.0 Å². The van der Waals surface area contributed by atoms with Gasteiger partial charge in [0.15, 0.2) is 0 Å². The van der Waals surface area contributed by atoms with Crippen molar-refractivity contribution < 1.29 is 9.53 Å². The maximum Gasteiger partial charge on any atom is 0.255 e. The highest BCUT2D eigenvalue weighted by Gasteiger charge is 2.13. The van der Waals surface area contributed by atoms with Crippen LogP contribution in [0.25, 0.3) is 0 Å². The fraction of sp³-hybridized carbons (Fsp3) is 0.0556. The molecule has 0 radical (unpaired) electrons. The summed E-state index contributed by atoms with van der Waals surface area (Å²) in [4.78, 5) is 31.4. The zero-order valence-electron chi connectivity index (χ0n) is 13.9. The molecule has 0 aliphatic rings. The minimum absolute atomic E-state index is 0.345. The van der Waals surface area contributed by atoms with Crippen molar-refractivity contribution in [3.8, 4) is 5.75 Å². The molecule has 3 rings (SSSR count). The van der Waals surface area contributed by atoms with E-state index in [1.807, 2.05) is 0 Å². The average Bonchev–Trinajstić information content (AvgIpc) is 2.70. The van der Waals surface area contributed by atoms with Crippen LogP contribution in [-0.2, 0) is 0 Å². The number of anilines is 3. The molecule has 1 amide bonds. The van der Waals surface area contributed by atoms with Crippen LogP contribution in [0, 0.1) is 4.91 Å². The molecule has 2 aromatic carbocycles. The Labute approximate surface area is 149 Å². The Morgan fingerprint density at radius 2 is 1.81 bits per heavy atom. The van der Waals surface area contributed by atoms with Crippen molar-refractivity contribution in [2.24, 2.45) is 5.29 Å². The first-order chi connectivity index (χ1) is 12.7. The highest BCUT2D eigenvalue weighted by molar-refractivity contribution is 6.04. The van der Waals surface area contributed by atoms with E-state index in [0.29, 0.717) is 28.4 Å². The Kier molecular flexibility index (Phi) is 5.14. The summed E-state index contributed by atoms with van der Waals surface area (Å²) < 4.78 is 5.11. The number of amides is 1. The lowest BCUT2D eigenvalue weighted by atomic mass is 10.1. The van der Waals surface area contributed by atoms with Crippen LogP contribution in [0.3, 0.4) is 0 Å². The lowest BCUT2D eigenvalue weighted by molar-refractivity contribution is 0.102. The predicted molar refractivity (Wildman–Crippen MR) is 97.4 cm³/mol. The van der Waals surface area contributed by atoms with Gasteiger partial charge in [0.2, 0.25) is 0 Å². The second-order valence-corrected chi connectivity index (χ2v) is 5.22. The molecule has 3 aromatic rings. The molecule has 0 aliphatic carbocycles. The highest BCUT2D eigenvalue weighted by atomic mass is 16.5. The Morgan fingerprint density at radius 3 is 2.46 bits per heavy atom. The topological polar surface area (TPSA) is 96.8 Å². The van der Waals surface area contributed by atoms with Gasteiger partial charge >= 0.3 is 0 Å². The quantitative estimate of drug-likeness (QED) is 0.540. The monoisotopic (exact) mass is 349 g/mol. The summed E-state index contributed by atoms with van der Waals surface area (Å²) in [5, 5.41) is 6.95. The fourth-order valence-corrected chi connectivity index (χ4v) is 2.31. The molecule has 8 heteroatoms. The number of nitrogens with one attached hydrogen (secondary N) is 1. The SMILES string of the molecule is COc1ccc(N(N=O)c2cccc(C(=O)Nc3cncnc3)c2)cc1. The van der Waals surface area contributed by atoms with Gasteiger partial charge in [-0.05, 0) is 42.5 Å². The van der Waals surface area contributed by atoms with Crippen molar-refractivity contribution in [1.82, 2.24) is 9.97 Å². The maximum atomic E-state index is 12.4. The molecular formula is C18H15N5O3. The fourth-order valence-electron chi connectivity index (χ4n) is 2.31. The molecule has 0 bridgehead atoms. The van der Waals surface area contributed by atoms with Crippen molar-refractivity contribution in [2.75, 3.05) is 17.4 Å². The van der Waals surface area contributed by atoms with E-state index in [0.717, 1.165) is 0 Å². The summed E-state index contributed by atoms with van der Waals surface area (Å²) in [5.41, 5.74) is 1.86. The summed E-state index contributed by atoms with van der Waals surface area (Å²) in [5.74, 6) is 0.319. The number of nitrogens with zero attached hydrogens (tertiary/aromatic N) is 4. The number of hydrogen-bond acceptors (Lipinski definition) is 6. The molecule has 1 N–H and O–H groups in total. The van der Waals surface area contributed by atoms with Crippen molar-refractivity contribution in [3.63, 3.8) is 0 Å². The van der Waals surface area contributed by atoms with E-state index in [1.54, 1.807) is 55.6 Å². The third kappa shape index (κ3) is 3.81. The van der Waals surface area contributed by atoms with E-state index in [2.05, 4.69) is 20.6 Å². The minimum Gasteiger partial charge on any atom is -0.497 e. The van der Waals surface area contributed by atoms with E-state index >= 15 is 0 Å². The molecule has 0 atom stereocenters. The molecule has 0 fully saturated rings. The van der Waals surface area contributed by atoms with Crippen molar-refractivity contribution in [3.05, 3.63) is 77.7 Å². The molecule has 0 saturated carbocycles. The first-order valence-corrected chi connectivity index (χ1v) is 7.65. The van der Waals surface area contributed by atoms with Gasteiger partial charge in [-0.3, -0.25) is 4.79 Å². The van der Waals surface area contributed by atoms with Crippen molar-refractivity contribution in [1.29, 1.82) is 0 Å². The van der Waals surface area contributed by atoms with Gasteiger partial charge in [-0.2, -0.15) is 5.01 Å². The third-order valence-corrected chi connectivity index (χ3v) is 3.57. The van der Waals surface area contributed by atoms with Gasteiger partial charge in [0.1, 0.15) is 12.1 Å². The van der Waals surface area contributed by atoms with Crippen LogP contribution < -0.4 is 15.1 Å². The van der Waals surface area contributed by atoms with Gasteiger partial charge < -0.3 is 10.1 Å². The first-order valence-electron chi connectivity index (χ1n) is 7.65. The Hall–Kier alpha value is -3.81. The van der Waals surface area contributed by atoms with Crippen LogP contribution in [0.1, 0.15) is 10.4 Å². The largest absolute Gasteiger partial charge is 0.497 e. The second kappa shape index (κ2) is 7.84. The van der Waals surface area contributed by atoms with Crippen molar-refractivity contribution in [2.45, 2.75) is 0 Å². The number of carbonyl (C=O) groups is 1. The van der Waals surface area contributed by atoms with Gasteiger partial charge in [0, 0.05) is 5.56 Å². The summed E-state index contributed by atoms with van der Waals surface area (Å²) >= 11 is 0. The summed E-state index contributed by atoms with van der Waals surface area (Å²) in [7, 11) is 1.56. The molecular weight excluding hydrogens is 334 g/mol. The second-order valence-electron chi connectivity index (χ2n) is 5.22. The molecule has 0 unspecified atom stereocenters. The number of ether oxygens (including phenoxy) is 1. The van der Waals surface area contributed by atoms with Gasteiger partial charge in [-0.15, -0.1) is 4.91 Å². The van der Waals surface area contributed by atoms with Crippen LogP contribution >= 0.6 is 0 Å². The summed E-state index contributed by atoms with van der Waals surface area (Å²) in [6.07, 6.45) is 4.36. The van der Waals surface area contributed by atoms with Crippen LogP contribution in [0.4, 0.5) is 17.1 Å². The average molecular weight is 349 g/mol. The number of nitroso groups, excluding NO2 is 1. The smallest absolute Gasteiger partial charge is 0.255 e. The van der Waals surface area contributed by atoms with Gasteiger partial charge in [-0.1, -0.05) is 6.07 Å².